The van der Waals surface area contributed by atoms with Gasteiger partial charge in [0, 0.05) is 12.2 Å². The molecule has 0 bridgehead atoms. The predicted molar refractivity (Wildman–Crippen MR) is 86.4 cm³/mol. The van der Waals surface area contributed by atoms with Crippen molar-refractivity contribution >= 4 is 16.9 Å². The minimum Gasteiger partial charge on any atom is -0.394 e. The van der Waals surface area contributed by atoms with Crippen molar-refractivity contribution in [3.05, 3.63) is 18.6 Å². The molecule has 0 aromatic carbocycles. The first-order valence-corrected chi connectivity index (χ1v) is 8.39. The molecule has 24 heavy (non-hydrogen) atoms. The summed E-state index contributed by atoms with van der Waals surface area (Å²) in [6.07, 6.45) is 4.14. The monoisotopic (exact) mass is 334 g/mol. The largest absolute Gasteiger partial charge is 0.394 e. The van der Waals surface area contributed by atoms with E-state index in [1.807, 2.05) is 0 Å². The van der Waals surface area contributed by atoms with E-state index in [0.717, 1.165) is 24.2 Å². The molecule has 1 saturated carbocycles. The molecule has 0 amide bonds. The van der Waals surface area contributed by atoms with E-state index in [1.165, 1.54) is 12.8 Å². The summed E-state index contributed by atoms with van der Waals surface area (Å²) in [6.45, 7) is -0.350. The lowest BCUT2D eigenvalue weighted by Crippen LogP contribution is -2.33. The highest BCUT2D eigenvalue weighted by atomic mass is 16.6. The second-order valence-electron chi connectivity index (χ2n) is 6.53. The van der Waals surface area contributed by atoms with E-state index in [9.17, 15) is 15.3 Å². The van der Waals surface area contributed by atoms with Crippen LogP contribution in [0.5, 0.6) is 0 Å². The third kappa shape index (κ3) is 2.55. The van der Waals surface area contributed by atoms with Crippen molar-refractivity contribution in [3.8, 4) is 0 Å². The summed E-state index contributed by atoms with van der Waals surface area (Å²) in [7, 11) is 0. The standard InChI is InChI=1S/C16H22N4O4/c21-7-11-13(22)14(23)16(24-11)20-8-18-12-10(20)5-6-17-15(12)19-9-3-1-2-4-9/h5-6,8-9,11,13-14,16,21-23H,1-4,7H2,(H,17,19)/t11-,13-,14-,16?/m1/s1. The van der Waals surface area contributed by atoms with Crippen LogP contribution in [0.15, 0.2) is 18.6 Å². The molecule has 1 unspecified atom stereocenters. The van der Waals surface area contributed by atoms with Gasteiger partial charge in [0.15, 0.2) is 12.0 Å². The van der Waals surface area contributed by atoms with E-state index >= 15 is 0 Å². The number of ether oxygens (including phenoxy) is 1. The minimum absolute atomic E-state index is 0.350. The summed E-state index contributed by atoms with van der Waals surface area (Å²) in [5.41, 5.74) is 1.47. The number of pyridine rings is 1. The molecule has 0 radical (unpaired) electrons. The van der Waals surface area contributed by atoms with Crippen LogP contribution in [-0.2, 0) is 4.74 Å². The molecule has 8 nitrogen and oxygen atoms in total. The Morgan fingerprint density at radius 3 is 2.71 bits per heavy atom. The smallest absolute Gasteiger partial charge is 0.164 e. The molecule has 2 aliphatic rings. The van der Waals surface area contributed by atoms with E-state index in [1.54, 1.807) is 23.2 Å². The van der Waals surface area contributed by atoms with E-state index in [4.69, 9.17) is 4.74 Å². The molecule has 4 N–H and O–H groups in total. The highest BCUT2D eigenvalue weighted by Gasteiger charge is 2.43. The number of anilines is 1. The van der Waals surface area contributed by atoms with E-state index < -0.39 is 24.5 Å². The average molecular weight is 334 g/mol. The van der Waals surface area contributed by atoms with Crippen LogP contribution >= 0.6 is 0 Å². The number of nitrogens with one attached hydrogen (secondary N) is 1. The Labute approximate surface area is 139 Å². The summed E-state index contributed by atoms with van der Waals surface area (Å²) in [5.74, 6) is 0.727. The van der Waals surface area contributed by atoms with Crippen molar-refractivity contribution in [2.24, 2.45) is 0 Å². The van der Waals surface area contributed by atoms with Gasteiger partial charge in [-0.25, -0.2) is 9.97 Å². The zero-order valence-corrected chi connectivity index (χ0v) is 13.2. The maximum absolute atomic E-state index is 10.2. The second kappa shape index (κ2) is 6.29. The molecule has 4 atom stereocenters. The summed E-state index contributed by atoms with van der Waals surface area (Å²) in [5, 5.41) is 32.9. The van der Waals surface area contributed by atoms with Gasteiger partial charge in [0.1, 0.15) is 23.8 Å². The Morgan fingerprint density at radius 1 is 1.21 bits per heavy atom. The zero-order chi connectivity index (χ0) is 16.7. The van der Waals surface area contributed by atoms with Crippen LogP contribution in [0.1, 0.15) is 31.9 Å². The molecule has 130 valence electrons. The third-order valence-corrected chi connectivity index (χ3v) is 4.98. The second-order valence-corrected chi connectivity index (χ2v) is 6.53. The molecule has 0 spiro atoms. The fourth-order valence-corrected chi connectivity index (χ4v) is 3.64. The Hall–Kier alpha value is -1.74. The van der Waals surface area contributed by atoms with Crippen LogP contribution in [0.4, 0.5) is 5.82 Å². The van der Waals surface area contributed by atoms with Crippen LogP contribution in [0.2, 0.25) is 0 Å². The number of aromatic nitrogens is 3. The molecule has 4 rings (SSSR count). The summed E-state index contributed by atoms with van der Waals surface area (Å²) >= 11 is 0. The molecule has 2 aromatic rings. The highest BCUT2D eigenvalue weighted by Crippen LogP contribution is 2.33. The quantitative estimate of drug-likeness (QED) is 0.640. The van der Waals surface area contributed by atoms with E-state index in [0.29, 0.717) is 11.6 Å². The topological polar surface area (TPSA) is 113 Å². The van der Waals surface area contributed by atoms with Gasteiger partial charge < -0.3 is 29.9 Å². The van der Waals surface area contributed by atoms with E-state index in [2.05, 4.69) is 15.3 Å². The number of aliphatic hydroxyl groups is 3. The lowest BCUT2D eigenvalue weighted by molar-refractivity contribution is -0.0508. The fraction of sp³-hybridized carbons (Fsp3) is 0.625. The van der Waals surface area contributed by atoms with Crippen molar-refractivity contribution < 1.29 is 20.1 Å². The fourth-order valence-electron chi connectivity index (χ4n) is 3.64. The van der Waals surface area contributed by atoms with Crippen molar-refractivity contribution in [1.29, 1.82) is 0 Å². The Balaban J connectivity index is 1.65. The number of nitrogens with zero attached hydrogens (tertiary/aromatic N) is 3. The maximum Gasteiger partial charge on any atom is 0.164 e. The lowest BCUT2D eigenvalue weighted by Gasteiger charge is -2.17. The molecular weight excluding hydrogens is 312 g/mol. The normalized spacial score (nSPS) is 31.1. The SMILES string of the molecule is OC[C@H]1OC(n2cnc3c(NC4CCCC4)nccc32)[C@H](O)[C@@H]1O. The minimum atomic E-state index is -1.13. The first kappa shape index (κ1) is 15.8. The average Bonchev–Trinajstić information content (AvgIpc) is 3.30. The molecule has 2 fully saturated rings. The van der Waals surface area contributed by atoms with Gasteiger partial charge >= 0.3 is 0 Å². The summed E-state index contributed by atoms with van der Waals surface area (Å²) < 4.78 is 7.27. The molecule has 1 saturated heterocycles. The van der Waals surface area contributed by atoms with Gasteiger partial charge in [-0.05, 0) is 18.9 Å². The number of imidazole rings is 1. The molecule has 8 heteroatoms. The van der Waals surface area contributed by atoms with Crippen LogP contribution in [0.25, 0.3) is 11.0 Å². The predicted octanol–water partition coefficient (Wildman–Crippen LogP) is 0.397. The summed E-state index contributed by atoms with van der Waals surface area (Å²) in [6, 6.07) is 2.22. The van der Waals surface area contributed by atoms with Crippen LogP contribution < -0.4 is 5.32 Å². The van der Waals surface area contributed by atoms with Crippen LogP contribution in [0, 0.1) is 0 Å². The number of rotatable bonds is 4. The molecular formula is C16H22N4O4. The zero-order valence-electron chi connectivity index (χ0n) is 13.2. The Kier molecular flexibility index (Phi) is 4.13. The van der Waals surface area contributed by atoms with Gasteiger partial charge in [-0.15, -0.1) is 0 Å². The van der Waals surface area contributed by atoms with Gasteiger partial charge in [-0.1, -0.05) is 12.8 Å². The number of hydrogen-bond donors (Lipinski definition) is 4. The van der Waals surface area contributed by atoms with Crippen molar-refractivity contribution in [1.82, 2.24) is 14.5 Å². The van der Waals surface area contributed by atoms with Gasteiger partial charge in [0.25, 0.3) is 0 Å². The van der Waals surface area contributed by atoms with Crippen molar-refractivity contribution in [2.75, 3.05) is 11.9 Å². The third-order valence-electron chi connectivity index (χ3n) is 4.98. The first-order chi connectivity index (χ1) is 11.7. The highest BCUT2D eigenvalue weighted by molar-refractivity contribution is 5.86. The van der Waals surface area contributed by atoms with E-state index in [-0.39, 0.29) is 6.61 Å². The molecule has 1 aliphatic carbocycles. The molecule has 2 aromatic heterocycles. The first-order valence-electron chi connectivity index (χ1n) is 8.39. The van der Waals surface area contributed by atoms with Crippen LogP contribution in [-0.4, -0.2) is 60.8 Å². The van der Waals surface area contributed by atoms with Crippen LogP contribution in [0.3, 0.4) is 0 Å². The van der Waals surface area contributed by atoms with Gasteiger partial charge in [0.05, 0.1) is 18.5 Å². The summed E-state index contributed by atoms with van der Waals surface area (Å²) in [4.78, 5) is 8.81. The Bertz CT molecular complexity index is 715. The van der Waals surface area contributed by atoms with Gasteiger partial charge in [0.2, 0.25) is 0 Å². The molecule has 1 aliphatic heterocycles. The van der Waals surface area contributed by atoms with Gasteiger partial charge in [-0.2, -0.15) is 0 Å². The number of fused-ring (bicyclic) bond motifs is 1. The molecule has 3 heterocycles. The number of hydrogen-bond acceptors (Lipinski definition) is 7. The van der Waals surface area contributed by atoms with Crippen molar-refractivity contribution in [3.63, 3.8) is 0 Å². The lowest BCUT2D eigenvalue weighted by atomic mass is 10.1. The van der Waals surface area contributed by atoms with Crippen molar-refractivity contribution in [2.45, 2.75) is 56.3 Å². The maximum atomic E-state index is 10.2. The number of aliphatic hydroxyl groups excluding tert-OH is 3. The Morgan fingerprint density at radius 2 is 2.00 bits per heavy atom. The van der Waals surface area contributed by atoms with Gasteiger partial charge in [-0.3, -0.25) is 0 Å².